The molecule has 0 spiro atoms. The molecule has 0 aliphatic heterocycles. The molecule has 0 aliphatic carbocycles. The number of benzene rings is 2. The largest absolute Gasteiger partial charge is 0.331 e. The molecule has 0 fully saturated rings. The van der Waals surface area contributed by atoms with E-state index in [4.69, 9.17) is 0 Å². The fraction of sp³-hybridized carbons (Fsp3) is 0.278. The lowest BCUT2D eigenvalue weighted by Gasteiger charge is -2.30. The molecule has 0 saturated carbocycles. The van der Waals surface area contributed by atoms with Crippen LogP contribution in [0.1, 0.15) is 24.1 Å². The van der Waals surface area contributed by atoms with Crippen LogP contribution >= 0.6 is 0 Å². The van der Waals surface area contributed by atoms with Crippen LogP contribution in [-0.4, -0.2) is 24.4 Å². The lowest BCUT2D eigenvalue weighted by molar-refractivity contribution is -0.133. The van der Waals surface area contributed by atoms with E-state index >= 15 is 0 Å². The Morgan fingerprint density at radius 1 is 1.14 bits per heavy atom. The van der Waals surface area contributed by atoms with Crippen molar-refractivity contribution in [2.75, 3.05) is 13.6 Å². The van der Waals surface area contributed by atoms with Crippen LogP contribution in [0.2, 0.25) is 0 Å². The highest BCUT2D eigenvalue weighted by molar-refractivity contribution is 5.78. The van der Waals surface area contributed by atoms with Crippen LogP contribution in [0, 0.1) is 5.82 Å². The first-order chi connectivity index (χ1) is 10.6. The number of amides is 1. The van der Waals surface area contributed by atoms with Gasteiger partial charge in [-0.2, -0.15) is 0 Å². The Morgan fingerprint density at radius 2 is 1.77 bits per heavy atom. The lowest BCUT2D eigenvalue weighted by Crippen LogP contribution is -2.38. The van der Waals surface area contributed by atoms with Crippen molar-refractivity contribution in [1.29, 1.82) is 0 Å². The number of nitrogens with zero attached hydrogens (tertiary/aromatic N) is 1. The molecule has 0 aromatic heterocycles. The van der Waals surface area contributed by atoms with Gasteiger partial charge in [-0.05, 0) is 37.2 Å². The van der Waals surface area contributed by atoms with Crippen molar-refractivity contribution in [3.8, 4) is 0 Å². The van der Waals surface area contributed by atoms with Crippen LogP contribution in [0.25, 0.3) is 0 Å². The molecule has 3 nitrogen and oxygen atoms in total. The molecule has 2 rings (SSSR count). The third-order valence-electron chi connectivity index (χ3n) is 3.66. The first-order valence-electron chi connectivity index (χ1n) is 7.35. The summed E-state index contributed by atoms with van der Waals surface area (Å²) in [5, 5.41) is 2.90. The number of carbonyl (C=O) groups excluding carboxylic acids is 1. The molecule has 0 radical (unpaired) electrons. The summed E-state index contributed by atoms with van der Waals surface area (Å²) >= 11 is 0. The van der Waals surface area contributed by atoms with Crippen LogP contribution in [0.4, 0.5) is 4.39 Å². The predicted octanol–water partition coefficient (Wildman–Crippen LogP) is 3.13. The van der Waals surface area contributed by atoms with Crippen molar-refractivity contribution in [3.05, 3.63) is 71.5 Å². The van der Waals surface area contributed by atoms with Gasteiger partial charge < -0.3 is 10.2 Å². The SMILES string of the molecule is CNCC(=O)N(Cc1ccc(F)cc1)[C@@H](C)c1ccccc1. The van der Waals surface area contributed by atoms with Gasteiger partial charge in [0.2, 0.25) is 5.91 Å². The van der Waals surface area contributed by atoms with E-state index in [1.807, 2.05) is 37.3 Å². The summed E-state index contributed by atoms with van der Waals surface area (Å²) in [5.41, 5.74) is 1.99. The van der Waals surface area contributed by atoms with Crippen LogP contribution in [0.15, 0.2) is 54.6 Å². The molecule has 4 heteroatoms. The Labute approximate surface area is 130 Å². The monoisotopic (exact) mass is 300 g/mol. The van der Waals surface area contributed by atoms with E-state index in [0.717, 1.165) is 11.1 Å². The van der Waals surface area contributed by atoms with Gasteiger partial charge in [0.15, 0.2) is 0 Å². The van der Waals surface area contributed by atoms with Gasteiger partial charge >= 0.3 is 0 Å². The molecule has 1 amide bonds. The zero-order valence-electron chi connectivity index (χ0n) is 12.9. The topological polar surface area (TPSA) is 32.3 Å². The Bertz CT molecular complexity index is 598. The van der Waals surface area contributed by atoms with Gasteiger partial charge in [0.1, 0.15) is 5.82 Å². The molecule has 0 saturated heterocycles. The van der Waals surface area contributed by atoms with Gasteiger partial charge in [-0.1, -0.05) is 42.5 Å². The van der Waals surface area contributed by atoms with E-state index in [1.165, 1.54) is 12.1 Å². The van der Waals surface area contributed by atoms with Crippen molar-refractivity contribution in [2.45, 2.75) is 19.5 Å². The summed E-state index contributed by atoms with van der Waals surface area (Å²) in [4.78, 5) is 14.2. The number of nitrogens with one attached hydrogen (secondary N) is 1. The minimum Gasteiger partial charge on any atom is -0.331 e. The molecule has 22 heavy (non-hydrogen) atoms. The third kappa shape index (κ3) is 4.15. The maximum absolute atomic E-state index is 13.0. The summed E-state index contributed by atoms with van der Waals surface area (Å²) in [7, 11) is 1.75. The summed E-state index contributed by atoms with van der Waals surface area (Å²) in [5.74, 6) is -0.254. The highest BCUT2D eigenvalue weighted by atomic mass is 19.1. The highest BCUT2D eigenvalue weighted by Crippen LogP contribution is 2.22. The smallest absolute Gasteiger partial charge is 0.237 e. The van der Waals surface area contributed by atoms with Crippen LogP contribution in [-0.2, 0) is 11.3 Å². The second-order valence-corrected chi connectivity index (χ2v) is 5.27. The molecule has 0 heterocycles. The van der Waals surface area contributed by atoms with Gasteiger partial charge in [-0.3, -0.25) is 4.79 Å². The van der Waals surface area contributed by atoms with Crippen LogP contribution in [0.3, 0.4) is 0 Å². The summed E-state index contributed by atoms with van der Waals surface area (Å²) in [6.07, 6.45) is 0. The van der Waals surface area contributed by atoms with Crippen LogP contribution in [0.5, 0.6) is 0 Å². The summed E-state index contributed by atoms with van der Waals surface area (Å²) < 4.78 is 13.0. The molecule has 0 unspecified atom stereocenters. The molecule has 0 aliphatic rings. The van der Waals surface area contributed by atoms with E-state index in [0.29, 0.717) is 6.54 Å². The second kappa shape index (κ2) is 7.71. The summed E-state index contributed by atoms with van der Waals surface area (Å²) in [6, 6.07) is 16.1. The molecular formula is C18H21FN2O. The zero-order chi connectivity index (χ0) is 15.9. The quantitative estimate of drug-likeness (QED) is 0.889. The van der Waals surface area contributed by atoms with E-state index in [-0.39, 0.29) is 24.3 Å². The van der Waals surface area contributed by atoms with Crippen molar-refractivity contribution in [3.63, 3.8) is 0 Å². The fourth-order valence-electron chi connectivity index (χ4n) is 2.39. The van der Waals surface area contributed by atoms with E-state index in [1.54, 1.807) is 24.1 Å². The molecule has 2 aromatic carbocycles. The molecule has 2 aromatic rings. The molecule has 1 atom stereocenters. The van der Waals surface area contributed by atoms with E-state index < -0.39 is 0 Å². The molecular weight excluding hydrogens is 279 g/mol. The Kier molecular flexibility index (Phi) is 5.67. The Morgan fingerprint density at radius 3 is 2.36 bits per heavy atom. The maximum atomic E-state index is 13.0. The van der Waals surface area contributed by atoms with E-state index in [9.17, 15) is 9.18 Å². The number of hydrogen-bond donors (Lipinski definition) is 1. The van der Waals surface area contributed by atoms with Crippen molar-refractivity contribution >= 4 is 5.91 Å². The minimum absolute atomic E-state index is 0.0168. The average Bonchev–Trinajstić information content (AvgIpc) is 2.54. The van der Waals surface area contributed by atoms with Gasteiger partial charge in [0.05, 0.1) is 12.6 Å². The standard InChI is InChI=1S/C18H21FN2O/c1-14(16-6-4-3-5-7-16)21(18(22)12-20-2)13-15-8-10-17(19)11-9-15/h3-11,14,20H,12-13H2,1-2H3/t14-/m0/s1. The van der Waals surface area contributed by atoms with E-state index in [2.05, 4.69) is 5.32 Å². The van der Waals surface area contributed by atoms with Gasteiger partial charge in [0.25, 0.3) is 0 Å². The number of rotatable bonds is 6. The van der Waals surface area contributed by atoms with Crippen molar-refractivity contribution in [2.24, 2.45) is 0 Å². The lowest BCUT2D eigenvalue weighted by atomic mass is 10.1. The van der Waals surface area contributed by atoms with Gasteiger partial charge in [-0.25, -0.2) is 4.39 Å². The average molecular weight is 300 g/mol. The minimum atomic E-state index is -0.270. The maximum Gasteiger partial charge on any atom is 0.237 e. The Hall–Kier alpha value is -2.20. The molecule has 1 N–H and O–H groups in total. The predicted molar refractivity (Wildman–Crippen MR) is 85.7 cm³/mol. The van der Waals surface area contributed by atoms with Gasteiger partial charge in [0, 0.05) is 6.54 Å². The van der Waals surface area contributed by atoms with Gasteiger partial charge in [-0.15, -0.1) is 0 Å². The zero-order valence-corrected chi connectivity index (χ0v) is 12.9. The second-order valence-electron chi connectivity index (χ2n) is 5.27. The number of carbonyl (C=O) groups is 1. The Balaban J connectivity index is 2.22. The van der Waals surface area contributed by atoms with Crippen molar-refractivity contribution in [1.82, 2.24) is 10.2 Å². The summed E-state index contributed by atoms with van der Waals surface area (Å²) in [6.45, 7) is 2.74. The van der Waals surface area contributed by atoms with Crippen LogP contribution < -0.4 is 5.32 Å². The fourth-order valence-corrected chi connectivity index (χ4v) is 2.39. The number of hydrogen-bond acceptors (Lipinski definition) is 2. The first kappa shape index (κ1) is 16.2. The number of likely N-dealkylation sites (N-methyl/N-ethyl adjacent to an activating group) is 1. The normalized spacial score (nSPS) is 12.0. The van der Waals surface area contributed by atoms with Crippen molar-refractivity contribution < 1.29 is 9.18 Å². The first-order valence-corrected chi connectivity index (χ1v) is 7.35. The number of halogens is 1. The molecule has 0 bridgehead atoms. The third-order valence-corrected chi connectivity index (χ3v) is 3.66. The highest BCUT2D eigenvalue weighted by Gasteiger charge is 2.21. The molecule has 116 valence electrons.